The fourth-order valence-electron chi connectivity index (χ4n) is 4.41. The van der Waals surface area contributed by atoms with Gasteiger partial charge in [0.25, 0.3) is 11.5 Å². The SMILES string of the molecule is C#CCN(Cc1cc2c(=O)[nH]c(C)nc2cc1C)c1c(F)cccc1C(=O)N[C@@H](CCCS(=O)(=O)NC(C)=O)C(=O)O. The number of benzene rings is 2. The summed E-state index contributed by atoms with van der Waals surface area (Å²) in [7, 11) is -3.97. The summed E-state index contributed by atoms with van der Waals surface area (Å²) in [4.78, 5) is 57.1. The van der Waals surface area contributed by atoms with Gasteiger partial charge in [-0.1, -0.05) is 12.0 Å². The smallest absolute Gasteiger partial charge is 0.326 e. The second-order valence-electron chi connectivity index (χ2n) is 9.63. The molecule has 0 aliphatic rings. The lowest BCUT2D eigenvalue weighted by Crippen LogP contribution is -2.42. The van der Waals surface area contributed by atoms with E-state index in [9.17, 15) is 32.7 Å². The molecule has 2 amide bonds. The number of nitrogens with zero attached hydrogens (tertiary/aromatic N) is 2. The predicted octanol–water partition coefficient (Wildman–Crippen LogP) is 1.75. The Hall–Kier alpha value is -4.77. The zero-order chi connectivity index (χ0) is 31.2. The summed E-state index contributed by atoms with van der Waals surface area (Å²) in [6, 6.07) is 5.55. The molecule has 14 heteroatoms. The molecule has 0 saturated heterocycles. The highest BCUT2D eigenvalue weighted by Gasteiger charge is 2.26. The summed E-state index contributed by atoms with van der Waals surface area (Å²) in [6.07, 6.45) is 5.11. The molecule has 12 nitrogen and oxygen atoms in total. The second kappa shape index (κ2) is 13.3. The van der Waals surface area contributed by atoms with E-state index in [1.807, 2.05) is 0 Å². The van der Waals surface area contributed by atoms with Crippen LogP contribution in [-0.4, -0.2) is 59.6 Å². The van der Waals surface area contributed by atoms with Gasteiger partial charge < -0.3 is 20.3 Å². The van der Waals surface area contributed by atoms with Gasteiger partial charge in [-0.05, 0) is 62.1 Å². The van der Waals surface area contributed by atoms with Crippen LogP contribution in [0.2, 0.25) is 0 Å². The Morgan fingerprint density at radius 2 is 1.95 bits per heavy atom. The van der Waals surface area contributed by atoms with Gasteiger partial charge in [-0.3, -0.25) is 19.1 Å². The van der Waals surface area contributed by atoms with Crippen LogP contribution < -0.4 is 20.5 Å². The summed E-state index contributed by atoms with van der Waals surface area (Å²) in [6.45, 7) is 4.34. The van der Waals surface area contributed by atoms with Gasteiger partial charge in [-0.2, -0.15) is 0 Å². The van der Waals surface area contributed by atoms with E-state index in [1.54, 1.807) is 30.7 Å². The van der Waals surface area contributed by atoms with Gasteiger partial charge in [0.15, 0.2) is 0 Å². The molecule has 3 rings (SSSR count). The highest BCUT2D eigenvalue weighted by molar-refractivity contribution is 7.90. The molecule has 222 valence electrons. The van der Waals surface area contributed by atoms with Crippen molar-refractivity contribution >= 4 is 44.4 Å². The highest BCUT2D eigenvalue weighted by atomic mass is 32.2. The number of hydrogen-bond donors (Lipinski definition) is 4. The van der Waals surface area contributed by atoms with Crippen LogP contribution in [-0.2, 0) is 26.2 Å². The van der Waals surface area contributed by atoms with Crippen molar-refractivity contribution in [2.24, 2.45) is 0 Å². The third-order valence-corrected chi connectivity index (χ3v) is 7.71. The summed E-state index contributed by atoms with van der Waals surface area (Å²) in [5, 5.41) is 12.3. The van der Waals surface area contributed by atoms with Crippen molar-refractivity contribution in [3.63, 3.8) is 0 Å². The van der Waals surface area contributed by atoms with Gasteiger partial charge in [0.1, 0.15) is 17.7 Å². The van der Waals surface area contributed by atoms with Crippen molar-refractivity contribution in [1.29, 1.82) is 0 Å². The maximum Gasteiger partial charge on any atom is 0.326 e. The predicted molar refractivity (Wildman–Crippen MR) is 154 cm³/mol. The lowest BCUT2D eigenvalue weighted by Gasteiger charge is -2.27. The van der Waals surface area contributed by atoms with E-state index in [0.29, 0.717) is 22.3 Å². The van der Waals surface area contributed by atoms with E-state index in [-0.39, 0.29) is 42.7 Å². The Bertz CT molecular complexity index is 1750. The van der Waals surface area contributed by atoms with Crippen molar-refractivity contribution in [1.82, 2.24) is 20.0 Å². The number of terminal acetylenes is 1. The lowest BCUT2D eigenvalue weighted by molar-refractivity contribution is -0.139. The number of carboxylic acid groups (broad SMARTS) is 1. The number of fused-ring (bicyclic) bond motifs is 1. The Labute approximate surface area is 241 Å². The average molecular weight is 600 g/mol. The first kappa shape index (κ1) is 31.8. The molecule has 0 radical (unpaired) electrons. The number of halogens is 1. The van der Waals surface area contributed by atoms with Crippen LogP contribution >= 0.6 is 0 Å². The summed E-state index contributed by atoms with van der Waals surface area (Å²) in [5.74, 6) is -1.59. The maximum absolute atomic E-state index is 15.3. The Morgan fingerprint density at radius 3 is 2.60 bits per heavy atom. The summed E-state index contributed by atoms with van der Waals surface area (Å²) < 4.78 is 40.9. The number of amides is 2. The zero-order valence-corrected chi connectivity index (χ0v) is 24.0. The third kappa shape index (κ3) is 7.91. The number of anilines is 1. The van der Waals surface area contributed by atoms with Gasteiger partial charge in [0.2, 0.25) is 15.9 Å². The van der Waals surface area contributed by atoms with E-state index in [4.69, 9.17) is 6.42 Å². The maximum atomic E-state index is 15.3. The molecule has 42 heavy (non-hydrogen) atoms. The molecule has 0 spiro atoms. The normalized spacial score (nSPS) is 11.9. The van der Waals surface area contributed by atoms with Crippen LogP contribution in [0.25, 0.3) is 10.9 Å². The molecular formula is C28H30FN5O7S. The zero-order valence-electron chi connectivity index (χ0n) is 23.2. The minimum absolute atomic E-state index is 0.00384. The molecule has 3 aromatic rings. The van der Waals surface area contributed by atoms with Crippen LogP contribution in [0, 0.1) is 32.0 Å². The molecule has 1 heterocycles. The number of aromatic amines is 1. The molecule has 0 saturated carbocycles. The number of carboxylic acids is 1. The summed E-state index contributed by atoms with van der Waals surface area (Å²) >= 11 is 0. The number of H-pyrrole nitrogens is 1. The minimum Gasteiger partial charge on any atom is -0.480 e. The average Bonchev–Trinajstić information content (AvgIpc) is 2.87. The minimum atomic E-state index is -3.97. The standard InChI is InChI=1S/C28H30FN5O7S/c1-5-11-34(15-19-14-21-24(13-16(19)2)30-17(3)31-27(21)37)25-20(8-6-9-22(25)29)26(36)32-23(28(38)39)10-7-12-42(40,41)33-18(4)35/h1,6,8-9,13-14,23H,7,10-12,15H2,2-4H3,(H,32,36)(H,33,35)(H,38,39)(H,30,31,37)/t23-/m0/s1. The molecule has 0 unspecified atom stereocenters. The quantitative estimate of drug-likeness (QED) is 0.226. The van der Waals surface area contributed by atoms with E-state index in [0.717, 1.165) is 18.6 Å². The second-order valence-corrected chi connectivity index (χ2v) is 11.5. The number of aromatic nitrogens is 2. The van der Waals surface area contributed by atoms with Crippen molar-refractivity contribution < 1.29 is 32.3 Å². The number of nitrogens with one attached hydrogen (secondary N) is 3. The number of carbonyl (C=O) groups is 3. The highest BCUT2D eigenvalue weighted by Crippen LogP contribution is 2.28. The van der Waals surface area contributed by atoms with Gasteiger partial charge in [0, 0.05) is 13.5 Å². The van der Waals surface area contributed by atoms with Gasteiger partial charge >= 0.3 is 5.97 Å². The van der Waals surface area contributed by atoms with Crippen LogP contribution in [0.5, 0.6) is 0 Å². The summed E-state index contributed by atoms with van der Waals surface area (Å²) in [5.41, 5.74) is 1.11. The number of para-hydroxylation sites is 1. The fourth-order valence-corrected chi connectivity index (χ4v) is 5.50. The number of sulfonamides is 1. The number of aliphatic carboxylic acids is 1. The van der Waals surface area contributed by atoms with Crippen LogP contribution in [0.1, 0.15) is 47.1 Å². The van der Waals surface area contributed by atoms with E-state index in [1.165, 1.54) is 17.0 Å². The Kier molecular flexibility index (Phi) is 10.0. The van der Waals surface area contributed by atoms with Gasteiger partial charge in [0.05, 0.1) is 34.5 Å². The van der Waals surface area contributed by atoms with Crippen molar-refractivity contribution in [2.75, 3.05) is 17.2 Å². The molecule has 0 fully saturated rings. The lowest BCUT2D eigenvalue weighted by atomic mass is 10.0. The Balaban J connectivity index is 1.91. The number of carbonyl (C=O) groups excluding carboxylic acids is 2. The molecular weight excluding hydrogens is 569 g/mol. The molecule has 0 aliphatic carbocycles. The topological polar surface area (TPSA) is 179 Å². The van der Waals surface area contributed by atoms with Crippen molar-refractivity contribution in [3.8, 4) is 12.3 Å². The van der Waals surface area contributed by atoms with E-state index >= 15 is 4.39 Å². The van der Waals surface area contributed by atoms with Crippen molar-refractivity contribution in [3.05, 3.63) is 69.0 Å². The first-order valence-electron chi connectivity index (χ1n) is 12.7. The first-order chi connectivity index (χ1) is 19.7. The Morgan fingerprint density at radius 1 is 1.24 bits per heavy atom. The van der Waals surface area contributed by atoms with Crippen LogP contribution in [0.15, 0.2) is 35.1 Å². The van der Waals surface area contributed by atoms with Gasteiger partial charge in [-0.25, -0.2) is 22.6 Å². The number of hydrogen-bond acceptors (Lipinski definition) is 8. The molecule has 0 bridgehead atoms. The molecule has 1 atom stereocenters. The molecule has 1 aromatic heterocycles. The largest absolute Gasteiger partial charge is 0.480 e. The van der Waals surface area contributed by atoms with Crippen LogP contribution in [0.3, 0.4) is 0 Å². The van der Waals surface area contributed by atoms with E-state index < -0.39 is 45.4 Å². The number of rotatable bonds is 12. The number of aryl methyl sites for hydroxylation is 2. The first-order valence-corrected chi connectivity index (χ1v) is 14.4. The third-order valence-electron chi connectivity index (χ3n) is 6.28. The van der Waals surface area contributed by atoms with Crippen molar-refractivity contribution in [2.45, 2.75) is 46.2 Å². The van der Waals surface area contributed by atoms with Crippen LogP contribution in [0.4, 0.5) is 10.1 Å². The fraction of sp³-hybridized carbons (Fsp3) is 0.321. The molecule has 2 aromatic carbocycles. The van der Waals surface area contributed by atoms with E-state index in [2.05, 4.69) is 21.2 Å². The monoisotopic (exact) mass is 599 g/mol. The molecule has 4 N–H and O–H groups in total. The molecule has 0 aliphatic heterocycles. The van der Waals surface area contributed by atoms with Gasteiger partial charge in [-0.15, -0.1) is 6.42 Å².